The summed E-state index contributed by atoms with van der Waals surface area (Å²) in [4.78, 5) is 12.8. The molecule has 2 heterocycles. The first-order valence-corrected chi connectivity index (χ1v) is 8.83. The average molecular weight is 352 g/mol. The molecule has 0 aliphatic carbocycles. The Balaban J connectivity index is 1.86. The standard InChI is InChI=1S/C22H21FO3/c1-12-10-15(14-4-6-16(23)7-5-14)11-13(2)18(12)19-20(24)17-8-9-22(3,26-17)21(19)25/h4-7,10-11,17,25H,8-9H2,1-3H3/t17-,22+/m0/s1. The van der Waals surface area contributed by atoms with E-state index in [0.717, 1.165) is 27.8 Å². The Bertz CT molecular complexity index is 919. The van der Waals surface area contributed by atoms with Crippen LogP contribution in [0.25, 0.3) is 16.7 Å². The van der Waals surface area contributed by atoms with Gasteiger partial charge >= 0.3 is 0 Å². The molecule has 1 N–H and O–H groups in total. The van der Waals surface area contributed by atoms with E-state index in [1.165, 1.54) is 12.1 Å². The lowest BCUT2D eigenvalue weighted by Crippen LogP contribution is -2.38. The maximum atomic E-state index is 13.2. The number of hydrogen-bond acceptors (Lipinski definition) is 3. The van der Waals surface area contributed by atoms with Crippen molar-refractivity contribution >= 4 is 11.4 Å². The van der Waals surface area contributed by atoms with Gasteiger partial charge in [0.1, 0.15) is 23.3 Å². The Kier molecular flexibility index (Phi) is 3.77. The fraction of sp³-hybridized carbons (Fsp3) is 0.318. The second-order valence-corrected chi connectivity index (χ2v) is 7.46. The zero-order valence-corrected chi connectivity index (χ0v) is 15.1. The van der Waals surface area contributed by atoms with E-state index in [1.807, 2.05) is 32.9 Å². The number of hydrogen-bond donors (Lipinski definition) is 1. The minimum Gasteiger partial charge on any atom is -0.508 e. The number of rotatable bonds is 2. The number of Topliss-reactive ketones (excluding diaryl/α,β-unsaturated/α-hetero) is 1. The van der Waals surface area contributed by atoms with Crippen molar-refractivity contribution in [3.05, 3.63) is 64.7 Å². The minimum absolute atomic E-state index is 0.0389. The van der Waals surface area contributed by atoms with Crippen molar-refractivity contribution in [2.24, 2.45) is 0 Å². The largest absolute Gasteiger partial charge is 0.508 e. The van der Waals surface area contributed by atoms with Crippen LogP contribution >= 0.6 is 0 Å². The van der Waals surface area contributed by atoms with Crippen LogP contribution in [0.15, 0.2) is 42.2 Å². The van der Waals surface area contributed by atoms with Crippen molar-refractivity contribution in [1.82, 2.24) is 0 Å². The van der Waals surface area contributed by atoms with Gasteiger partial charge in [-0.3, -0.25) is 4.79 Å². The van der Waals surface area contributed by atoms with Gasteiger partial charge in [0.2, 0.25) is 0 Å². The van der Waals surface area contributed by atoms with Gasteiger partial charge in [-0.25, -0.2) is 4.39 Å². The topological polar surface area (TPSA) is 46.5 Å². The molecule has 0 aromatic heterocycles. The van der Waals surface area contributed by atoms with Crippen LogP contribution in [0.1, 0.15) is 36.5 Å². The summed E-state index contributed by atoms with van der Waals surface area (Å²) in [5, 5.41) is 10.8. The van der Waals surface area contributed by atoms with E-state index in [2.05, 4.69) is 0 Å². The van der Waals surface area contributed by atoms with Crippen LogP contribution in [0.3, 0.4) is 0 Å². The van der Waals surface area contributed by atoms with Crippen LogP contribution in [0.5, 0.6) is 0 Å². The summed E-state index contributed by atoms with van der Waals surface area (Å²) in [5.41, 5.74) is 4.07. The highest BCUT2D eigenvalue weighted by atomic mass is 19.1. The lowest BCUT2D eigenvalue weighted by Gasteiger charge is -2.31. The number of halogens is 1. The zero-order valence-electron chi connectivity index (χ0n) is 15.1. The summed E-state index contributed by atoms with van der Waals surface area (Å²) in [6.45, 7) is 5.71. The molecule has 4 heteroatoms. The number of ether oxygens (including phenoxy) is 1. The van der Waals surface area contributed by atoms with E-state index in [4.69, 9.17) is 4.74 Å². The van der Waals surface area contributed by atoms with Gasteiger partial charge in [-0.1, -0.05) is 24.3 Å². The predicted molar refractivity (Wildman–Crippen MR) is 98.4 cm³/mol. The highest BCUT2D eigenvalue weighted by molar-refractivity contribution is 6.25. The van der Waals surface area contributed by atoms with Crippen LogP contribution in [0.4, 0.5) is 4.39 Å². The molecule has 0 amide bonds. The maximum Gasteiger partial charge on any atom is 0.195 e. The molecular formula is C22H21FO3. The smallest absolute Gasteiger partial charge is 0.195 e. The third-order valence-corrected chi connectivity index (χ3v) is 5.52. The first-order valence-electron chi connectivity index (χ1n) is 8.83. The van der Waals surface area contributed by atoms with Gasteiger partial charge in [-0.05, 0) is 73.6 Å². The molecule has 134 valence electrons. The van der Waals surface area contributed by atoms with Crippen molar-refractivity contribution in [2.45, 2.75) is 45.3 Å². The van der Waals surface area contributed by atoms with Crippen LogP contribution in [-0.2, 0) is 9.53 Å². The van der Waals surface area contributed by atoms with Crippen LogP contribution in [0.2, 0.25) is 0 Å². The first-order chi connectivity index (χ1) is 12.3. The van der Waals surface area contributed by atoms with Crippen LogP contribution < -0.4 is 0 Å². The van der Waals surface area contributed by atoms with E-state index >= 15 is 0 Å². The van der Waals surface area contributed by atoms with Gasteiger partial charge in [0.15, 0.2) is 5.78 Å². The van der Waals surface area contributed by atoms with Gasteiger partial charge in [0.05, 0.1) is 5.57 Å². The predicted octanol–water partition coefficient (Wildman–Crippen LogP) is 4.90. The number of aryl methyl sites for hydroxylation is 2. The molecule has 1 saturated heterocycles. The van der Waals surface area contributed by atoms with Crippen molar-refractivity contribution in [3.8, 4) is 11.1 Å². The SMILES string of the molecule is Cc1cc(-c2ccc(F)cc2)cc(C)c1C1=C(O)[C@@]2(C)CC[C@H](O2)C1=O. The Morgan fingerprint density at radius 3 is 2.35 bits per heavy atom. The molecule has 4 rings (SSSR count). The molecule has 2 aliphatic rings. The van der Waals surface area contributed by atoms with E-state index in [0.29, 0.717) is 18.4 Å². The monoisotopic (exact) mass is 352 g/mol. The number of aliphatic hydroxyl groups excluding tert-OH is 1. The summed E-state index contributed by atoms with van der Waals surface area (Å²) >= 11 is 0. The molecule has 3 nitrogen and oxygen atoms in total. The number of carbonyl (C=O) groups excluding carboxylic acids is 1. The van der Waals surface area contributed by atoms with Crippen molar-refractivity contribution in [3.63, 3.8) is 0 Å². The van der Waals surface area contributed by atoms with Crippen molar-refractivity contribution in [2.75, 3.05) is 0 Å². The highest BCUT2D eigenvalue weighted by Crippen LogP contribution is 2.46. The molecule has 26 heavy (non-hydrogen) atoms. The number of benzene rings is 2. The van der Waals surface area contributed by atoms with Crippen molar-refractivity contribution < 1.29 is 19.0 Å². The molecular weight excluding hydrogens is 331 g/mol. The number of ketones is 1. The molecule has 0 unspecified atom stereocenters. The molecule has 2 aromatic rings. The van der Waals surface area contributed by atoms with Gasteiger partial charge in [0, 0.05) is 0 Å². The fourth-order valence-corrected chi connectivity index (χ4v) is 4.15. The van der Waals surface area contributed by atoms with Gasteiger partial charge in [-0.15, -0.1) is 0 Å². The van der Waals surface area contributed by atoms with Crippen LogP contribution in [-0.4, -0.2) is 22.6 Å². The fourth-order valence-electron chi connectivity index (χ4n) is 4.15. The van der Waals surface area contributed by atoms with Crippen molar-refractivity contribution in [1.29, 1.82) is 0 Å². The second-order valence-electron chi connectivity index (χ2n) is 7.46. The lowest BCUT2D eigenvalue weighted by molar-refractivity contribution is -0.130. The molecule has 0 spiro atoms. The normalized spacial score (nSPS) is 25.1. The third kappa shape index (κ3) is 2.48. The van der Waals surface area contributed by atoms with Gasteiger partial charge < -0.3 is 9.84 Å². The second kappa shape index (κ2) is 5.78. The zero-order chi connectivity index (χ0) is 18.6. The molecule has 2 aromatic carbocycles. The lowest BCUT2D eigenvalue weighted by atomic mass is 9.85. The molecule has 2 aliphatic heterocycles. The number of carbonyl (C=O) groups is 1. The van der Waals surface area contributed by atoms with E-state index < -0.39 is 11.7 Å². The Labute approximate surface area is 152 Å². The Morgan fingerprint density at radius 1 is 1.12 bits per heavy atom. The highest BCUT2D eigenvalue weighted by Gasteiger charge is 2.50. The molecule has 0 saturated carbocycles. The number of fused-ring (bicyclic) bond motifs is 2. The van der Waals surface area contributed by atoms with E-state index in [9.17, 15) is 14.3 Å². The molecule has 2 atom stereocenters. The summed E-state index contributed by atoms with van der Waals surface area (Å²) in [6.07, 6.45) is 0.806. The summed E-state index contributed by atoms with van der Waals surface area (Å²) < 4.78 is 18.9. The third-order valence-electron chi connectivity index (χ3n) is 5.52. The molecule has 2 bridgehead atoms. The van der Waals surface area contributed by atoms with E-state index in [1.54, 1.807) is 12.1 Å². The van der Waals surface area contributed by atoms with Gasteiger partial charge in [0.25, 0.3) is 0 Å². The number of aliphatic hydroxyl groups is 1. The molecule has 1 fully saturated rings. The Hall–Kier alpha value is -2.46. The average Bonchev–Trinajstić information content (AvgIpc) is 2.97. The Morgan fingerprint density at radius 2 is 1.73 bits per heavy atom. The quantitative estimate of drug-likeness (QED) is 0.836. The van der Waals surface area contributed by atoms with Crippen LogP contribution in [0, 0.1) is 19.7 Å². The first kappa shape index (κ1) is 17.0. The summed E-state index contributed by atoms with van der Waals surface area (Å²) in [6, 6.07) is 10.3. The summed E-state index contributed by atoms with van der Waals surface area (Å²) in [5.74, 6) is -0.374. The maximum absolute atomic E-state index is 13.2. The summed E-state index contributed by atoms with van der Waals surface area (Å²) in [7, 11) is 0. The van der Waals surface area contributed by atoms with Gasteiger partial charge in [-0.2, -0.15) is 0 Å². The van der Waals surface area contributed by atoms with E-state index in [-0.39, 0.29) is 17.4 Å². The molecule has 0 radical (unpaired) electrons. The minimum atomic E-state index is -0.775.